The minimum absolute atomic E-state index is 0.0783. The highest BCUT2D eigenvalue weighted by Gasteiger charge is 2.29. The fourth-order valence-corrected chi connectivity index (χ4v) is 3.98. The van der Waals surface area contributed by atoms with Crippen LogP contribution in [0.3, 0.4) is 0 Å². The SMILES string of the molecule is NCCCC[C@H](NC(=O)[C@H](CCCN=C(N)N)NC(=O)c1ccccc1)C(=O)N[C@@H](Cc1ccccc1)C(N)=O. The van der Waals surface area contributed by atoms with Crippen LogP contribution in [0.4, 0.5) is 0 Å². The lowest BCUT2D eigenvalue weighted by molar-refractivity contribution is -0.132. The van der Waals surface area contributed by atoms with Crippen molar-refractivity contribution in [3.8, 4) is 0 Å². The number of unbranched alkanes of at least 4 members (excludes halogenated alkanes) is 1. The lowest BCUT2D eigenvalue weighted by Crippen LogP contribution is -2.56. The average molecular weight is 553 g/mol. The normalized spacial score (nSPS) is 12.8. The Hall–Kier alpha value is -4.45. The number of nitrogens with zero attached hydrogens (tertiary/aromatic N) is 1. The first kappa shape index (κ1) is 31.8. The minimum atomic E-state index is -0.981. The molecule has 0 aliphatic heterocycles. The smallest absolute Gasteiger partial charge is 0.251 e. The molecule has 3 atom stereocenters. The van der Waals surface area contributed by atoms with E-state index in [1.165, 1.54) is 0 Å². The van der Waals surface area contributed by atoms with Crippen molar-refractivity contribution in [1.29, 1.82) is 0 Å². The van der Waals surface area contributed by atoms with E-state index >= 15 is 0 Å². The molecule has 0 bridgehead atoms. The summed E-state index contributed by atoms with van der Waals surface area (Å²) < 4.78 is 0. The van der Waals surface area contributed by atoms with Crippen LogP contribution in [0.5, 0.6) is 0 Å². The van der Waals surface area contributed by atoms with Gasteiger partial charge < -0.3 is 38.9 Å². The van der Waals surface area contributed by atoms with Crippen molar-refractivity contribution in [3.05, 3.63) is 71.8 Å². The van der Waals surface area contributed by atoms with Crippen LogP contribution in [0.25, 0.3) is 0 Å². The van der Waals surface area contributed by atoms with Crippen LogP contribution in [0.15, 0.2) is 65.7 Å². The summed E-state index contributed by atoms with van der Waals surface area (Å²) in [4.78, 5) is 55.5. The molecule has 12 nitrogen and oxygen atoms in total. The first-order valence-corrected chi connectivity index (χ1v) is 13.3. The van der Waals surface area contributed by atoms with Crippen molar-refractivity contribution >= 4 is 29.6 Å². The van der Waals surface area contributed by atoms with E-state index in [4.69, 9.17) is 22.9 Å². The Labute approximate surface area is 234 Å². The second kappa shape index (κ2) is 17.2. The summed E-state index contributed by atoms with van der Waals surface area (Å²) in [5.74, 6) is -2.33. The Balaban J connectivity index is 2.17. The maximum absolute atomic E-state index is 13.4. The van der Waals surface area contributed by atoms with E-state index < -0.39 is 41.8 Å². The van der Waals surface area contributed by atoms with Crippen LogP contribution >= 0.6 is 0 Å². The molecule has 0 fully saturated rings. The first-order chi connectivity index (χ1) is 19.2. The molecule has 12 heteroatoms. The molecule has 40 heavy (non-hydrogen) atoms. The third-order valence-electron chi connectivity index (χ3n) is 6.13. The fraction of sp³-hybridized carbons (Fsp3) is 0.393. The molecular weight excluding hydrogens is 512 g/mol. The lowest BCUT2D eigenvalue weighted by atomic mass is 10.0. The number of aliphatic imine (C=N–C) groups is 1. The van der Waals surface area contributed by atoms with Gasteiger partial charge in [-0.1, -0.05) is 48.5 Å². The summed E-state index contributed by atoms with van der Waals surface area (Å²) in [6.07, 6.45) is 2.28. The highest BCUT2D eigenvalue weighted by atomic mass is 16.2. The van der Waals surface area contributed by atoms with Crippen molar-refractivity contribution in [1.82, 2.24) is 16.0 Å². The molecule has 0 spiro atoms. The number of primary amides is 1. The largest absolute Gasteiger partial charge is 0.370 e. The summed E-state index contributed by atoms with van der Waals surface area (Å²) >= 11 is 0. The molecule has 11 N–H and O–H groups in total. The molecule has 0 aliphatic rings. The van der Waals surface area contributed by atoms with E-state index in [1.54, 1.807) is 30.3 Å². The van der Waals surface area contributed by atoms with Crippen molar-refractivity contribution < 1.29 is 19.2 Å². The highest BCUT2D eigenvalue weighted by Crippen LogP contribution is 2.08. The Morgan fingerprint density at radius 2 is 1.25 bits per heavy atom. The number of hydrogen-bond acceptors (Lipinski definition) is 6. The molecule has 4 amide bonds. The zero-order valence-corrected chi connectivity index (χ0v) is 22.6. The van der Waals surface area contributed by atoms with Gasteiger partial charge in [0.2, 0.25) is 17.7 Å². The van der Waals surface area contributed by atoms with Gasteiger partial charge in [0.1, 0.15) is 18.1 Å². The van der Waals surface area contributed by atoms with Crippen molar-refractivity contribution in [3.63, 3.8) is 0 Å². The number of guanidine groups is 1. The number of nitrogens with one attached hydrogen (secondary N) is 3. The van der Waals surface area contributed by atoms with Crippen LogP contribution in [-0.2, 0) is 20.8 Å². The molecule has 2 aromatic carbocycles. The zero-order valence-electron chi connectivity index (χ0n) is 22.6. The predicted octanol–water partition coefficient (Wildman–Crippen LogP) is -0.335. The van der Waals surface area contributed by atoms with Gasteiger partial charge in [0.05, 0.1) is 0 Å². The summed E-state index contributed by atoms with van der Waals surface area (Å²) in [7, 11) is 0. The van der Waals surface area contributed by atoms with Crippen molar-refractivity contribution in [2.75, 3.05) is 13.1 Å². The molecule has 0 saturated carbocycles. The topological polar surface area (TPSA) is 221 Å². The minimum Gasteiger partial charge on any atom is -0.370 e. The fourth-order valence-electron chi connectivity index (χ4n) is 3.98. The zero-order chi connectivity index (χ0) is 29.3. The van der Waals surface area contributed by atoms with Crippen molar-refractivity contribution in [2.24, 2.45) is 27.9 Å². The summed E-state index contributed by atoms with van der Waals surface area (Å²) in [6.45, 7) is 0.675. The van der Waals surface area contributed by atoms with Crippen LogP contribution < -0.4 is 38.9 Å². The molecule has 0 aliphatic carbocycles. The van der Waals surface area contributed by atoms with Crippen molar-refractivity contribution in [2.45, 2.75) is 56.7 Å². The Morgan fingerprint density at radius 3 is 1.82 bits per heavy atom. The third kappa shape index (κ3) is 11.5. The van der Waals surface area contributed by atoms with Crippen LogP contribution in [0, 0.1) is 0 Å². The molecule has 0 aromatic heterocycles. The van der Waals surface area contributed by atoms with Gasteiger partial charge in [-0.25, -0.2) is 0 Å². The summed E-state index contributed by atoms with van der Waals surface area (Å²) in [6, 6.07) is 14.7. The molecule has 2 aromatic rings. The van der Waals surface area contributed by atoms with E-state index in [9.17, 15) is 19.2 Å². The van der Waals surface area contributed by atoms with Gasteiger partial charge >= 0.3 is 0 Å². The van der Waals surface area contributed by atoms with E-state index in [1.807, 2.05) is 30.3 Å². The van der Waals surface area contributed by atoms with E-state index in [0.29, 0.717) is 31.4 Å². The summed E-state index contributed by atoms with van der Waals surface area (Å²) in [5, 5.41) is 8.16. The number of carbonyl (C=O) groups excluding carboxylic acids is 4. The molecule has 0 heterocycles. The number of hydrogen-bond donors (Lipinski definition) is 7. The van der Waals surface area contributed by atoms with Gasteiger partial charge in [-0.15, -0.1) is 0 Å². The number of benzene rings is 2. The van der Waals surface area contributed by atoms with Crippen LogP contribution in [0.2, 0.25) is 0 Å². The van der Waals surface area contributed by atoms with Gasteiger partial charge in [0, 0.05) is 18.5 Å². The van der Waals surface area contributed by atoms with E-state index in [2.05, 4.69) is 20.9 Å². The van der Waals surface area contributed by atoms with Crippen LogP contribution in [0.1, 0.15) is 48.0 Å². The average Bonchev–Trinajstić information content (AvgIpc) is 2.94. The third-order valence-corrected chi connectivity index (χ3v) is 6.13. The van der Waals surface area contributed by atoms with Crippen LogP contribution in [-0.4, -0.2) is 60.8 Å². The first-order valence-electron chi connectivity index (χ1n) is 13.3. The highest BCUT2D eigenvalue weighted by molar-refractivity contribution is 5.98. The predicted molar refractivity (Wildman–Crippen MR) is 154 cm³/mol. The maximum atomic E-state index is 13.4. The van der Waals surface area contributed by atoms with Gasteiger partial charge in [0.25, 0.3) is 5.91 Å². The van der Waals surface area contributed by atoms with Gasteiger partial charge in [-0.2, -0.15) is 0 Å². The molecular formula is C28H40N8O4. The number of nitrogens with two attached hydrogens (primary N) is 4. The maximum Gasteiger partial charge on any atom is 0.251 e. The monoisotopic (exact) mass is 552 g/mol. The quantitative estimate of drug-likeness (QED) is 0.0785. The van der Waals surface area contributed by atoms with E-state index in [0.717, 1.165) is 5.56 Å². The van der Waals surface area contributed by atoms with Gasteiger partial charge in [-0.3, -0.25) is 24.2 Å². The Morgan fingerprint density at radius 1 is 0.700 bits per heavy atom. The molecule has 216 valence electrons. The second-order valence-corrected chi connectivity index (χ2v) is 9.34. The van der Waals surface area contributed by atoms with E-state index in [-0.39, 0.29) is 31.8 Å². The lowest BCUT2D eigenvalue weighted by Gasteiger charge is -2.25. The number of amides is 4. The molecule has 2 rings (SSSR count). The second-order valence-electron chi connectivity index (χ2n) is 9.34. The van der Waals surface area contributed by atoms with Gasteiger partial charge in [0.15, 0.2) is 5.96 Å². The molecule has 0 radical (unpaired) electrons. The number of carbonyl (C=O) groups is 4. The Kier molecular flexibility index (Phi) is 13.7. The summed E-state index contributed by atoms with van der Waals surface area (Å²) in [5.41, 5.74) is 23.2. The Bertz CT molecular complexity index is 1120. The molecule has 0 saturated heterocycles. The molecule has 0 unspecified atom stereocenters. The standard InChI is InChI=1S/C28H40N8O4/c29-16-8-7-14-21(27(40)36-23(24(30)37)18-19-10-3-1-4-11-19)35-26(39)22(15-9-17-33-28(31)32)34-25(38)20-12-5-2-6-13-20/h1-6,10-13,21-23H,7-9,14-18,29H2,(H2,30,37)(H,34,38)(H,35,39)(H,36,40)(H4,31,32,33)/t21-,22-,23-/m0/s1. The van der Waals surface area contributed by atoms with Gasteiger partial charge in [-0.05, 0) is 56.3 Å². The number of rotatable bonds is 17.